The average Bonchev–Trinajstić information content (AvgIpc) is 2.95. The van der Waals surface area contributed by atoms with Crippen molar-refractivity contribution in [1.82, 2.24) is 14.9 Å². The Bertz CT molecular complexity index is 614. The van der Waals surface area contributed by atoms with Crippen LogP contribution in [0.5, 0.6) is 5.88 Å². The van der Waals surface area contributed by atoms with E-state index in [9.17, 15) is 4.79 Å². The maximum absolute atomic E-state index is 12.1. The van der Waals surface area contributed by atoms with E-state index in [1.807, 2.05) is 27.0 Å². The molecule has 7 heteroatoms. The van der Waals surface area contributed by atoms with Gasteiger partial charge < -0.3 is 19.3 Å². The Labute approximate surface area is 168 Å². The van der Waals surface area contributed by atoms with Gasteiger partial charge in [0.1, 0.15) is 11.4 Å². The zero-order valence-corrected chi connectivity index (χ0v) is 17.5. The molecule has 1 aromatic heterocycles. The Morgan fingerprint density at radius 2 is 1.71 bits per heavy atom. The summed E-state index contributed by atoms with van der Waals surface area (Å²) in [6.45, 7) is 9.83. The molecular formula is C21H34N4O3. The Hall–Kier alpha value is -2.05. The molecule has 0 radical (unpaired) electrons. The number of piperidine rings is 1. The molecule has 1 amide bonds. The highest BCUT2D eigenvalue weighted by Gasteiger charge is 2.27. The van der Waals surface area contributed by atoms with Gasteiger partial charge >= 0.3 is 6.09 Å². The second kappa shape index (κ2) is 9.43. The summed E-state index contributed by atoms with van der Waals surface area (Å²) in [5, 5.41) is 0. The fraction of sp³-hybridized carbons (Fsp3) is 0.762. The molecule has 2 fully saturated rings. The molecule has 0 N–H and O–H groups in total. The van der Waals surface area contributed by atoms with E-state index in [0.717, 1.165) is 31.7 Å². The summed E-state index contributed by atoms with van der Waals surface area (Å²) < 4.78 is 11.3. The Morgan fingerprint density at radius 1 is 1.04 bits per heavy atom. The van der Waals surface area contributed by atoms with Crippen molar-refractivity contribution in [1.29, 1.82) is 0 Å². The van der Waals surface area contributed by atoms with Crippen LogP contribution in [0.4, 0.5) is 10.6 Å². The van der Waals surface area contributed by atoms with Crippen molar-refractivity contribution in [3.8, 4) is 5.88 Å². The van der Waals surface area contributed by atoms with Crippen molar-refractivity contribution in [3.63, 3.8) is 0 Å². The van der Waals surface area contributed by atoms with E-state index >= 15 is 0 Å². The van der Waals surface area contributed by atoms with Gasteiger partial charge in [0.15, 0.2) is 0 Å². The SMILES string of the molecule is CC(C)(C)OC(=O)N1CCC(COc2cnc(N3CCCCCC3)cn2)CC1. The number of hydrogen-bond acceptors (Lipinski definition) is 6. The molecule has 0 bridgehead atoms. The molecule has 1 aromatic rings. The molecule has 3 heterocycles. The van der Waals surface area contributed by atoms with E-state index in [1.54, 1.807) is 11.1 Å². The van der Waals surface area contributed by atoms with Crippen LogP contribution < -0.4 is 9.64 Å². The summed E-state index contributed by atoms with van der Waals surface area (Å²) in [6.07, 6.45) is 10.2. The number of likely N-dealkylation sites (tertiary alicyclic amines) is 1. The lowest BCUT2D eigenvalue weighted by Gasteiger charge is -2.33. The summed E-state index contributed by atoms with van der Waals surface area (Å²) >= 11 is 0. The third kappa shape index (κ3) is 6.24. The van der Waals surface area contributed by atoms with Crippen LogP contribution in [0.2, 0.25) is 0 Å². The molecule has 0 saturated carbocycles. The van der Waals surface area contributed by atoms with Crippen LogP contribution in [0.15, 0.2) is 12.4 Å². The number of hydrogen-bond donors (Lipinski definition) is 0. The van der Waals surface area contributed by atoms with Gasteiger partial charge in [-0.3, -0.25) is 0 Å². The zero-order valence-electron chi connectivity index (χ0n) is 17.5. The first kappa shape index (κ1) is 20.7. The Balaban J connectivity index is 1.41. The van der Waals surface area contributed by atoms with E-state index < -0.39 is 5.60 Å². The molecule has 28 heavy (non-hydrogen) atoms. The summed E-state index contributed by atoms with van der Waals surface area (Å²) in [4.78, 5) is 25.2. The molecule has 0 unspecified atom stereocenters. The van der Waals surface area contributed by atoms with Gasteiger partial charge in [-0.1, -0.05) is 12.8 Å². The van der Waals surface area contributed by atoms with Crippen molar-refractivity contribution in [2.75, 3.05) is 37.7 Å². The minimum absolute atomic E-state index is 0.221. The first-order valence-corrected chi connectivity index (χ1v) is 10.6. The van der Waals surface area contributed by atoms with Crippen molar-refractivity contribution in [2.45, 2.75) is 64.9 Å². The average molecular weight is 391 g/mol. The molecule has 0 atom stereocenters. The minimum atomic E-state index is -0.449. The van der Waals surface area contributed by atoms with E-state index in [4.69, 9.17) is 9.47 Å². The van der Waals surface area contributed by atoms with E-state index in [-0.39, 0.29) is 6.09 Å². The fourth-order valence-corrected chi connectivity index (χ4v) is 3.66. The van der Waals surface area contributed by atoms with Gasteiger partial charge in [0.2, 0.25) is 5.88 Å². The zero-order chi connectivity index (χ0) is 20.0. The van der Waals surface area contributed by atoms with Gasteiger partial charge in [-0.25, -0.2) is 14.8 Å². The molecule has 2 aliphatic heterocycles. The summed E-state index contributed by atoms with van der Waals surface area (Å²) in [7, 11) is 0. The largest absolute Gasteiger partial charge is 0.476 e. The number of aromatic nitrogens is 2. The number of nitrogens with zero attached hydrogens (tertiary/aromatic N) is 4. The van der Waals surface area contributed by atoms with Crippen molar-refractivity contribution >= 4 is 11.9 Å². The first-order chi connectivity index (χ1) is 13.4. The van der Waals surface area contributed by atoms with Crippen LogP contribution in [0.3, 0.4) is 0 Å². The van der Waals surface area contributed by atoms with Crippen LogP contribution in [-0.2, 0) is 4.74 Å². The minimum Gasteiger partial charge on any atom is -0.476 e. The molecule has 156 valence electrons. The van der Waals surface area contributed by atoms with E-state index in [1.165, 1.54) is 25.7 Å². The summed E-state index contributed by atoms with van der Waals surface area (Å²) in [5.74, 6) is 1.94. The lowest BCUT2D eigenvalue weighted by atomic mass is 9.98. The van der Waals surface area contributed by atoms with Gasteiger partial charge in [0.05, 0.1) is 19.0 Å². The number of ether oxygens (including phenoxy) is 2. The number of carbonyl (C=O) groups is 1. The molecule has 0 aromatic carbocycles. The predicted molar refractivity (Wildman–Crippen MR) is 109 cm³/mol. The lowest BCUT2D eigenvalue weighted by Crippen LogP contribution is -2.42. The third-order valence-corrected chi connectivity index (χ3v) is 5.28. The second-order valence-electron chi connectivity index (χ2n) is 8.84. The van der Waals surface area contributed by atoms with Gasteiger partial charge in [-0.05, 0) is 52.4 Å². The van der Waals surface area contributed by atoms with E-state index in [2.05, 4.69) is 14.9 Å². The van der Waals surface area contributed by atoms with Gasteiger partial charge in [0.25, 0.3) is 0 Å². The predicted octanol–water partition coefficient (Wildman–Crippen LogP) is 3.88. The standard InChI is InChI=1S/C21H34N4O3/c1-21(2,3)28-20(26)25-12-8-17(9-13-25)16-27-19-15-22-18(14-23-19)24-10-6-4-5-7-11-24/h14-15,17H,4-13,16H2,1-3H3. The molecular weight excluding hydrogens is 356 g/mol. The second-order valence-corrected chi connectivity index (χ2v) is 8.84. The summed E-state index contributed by atoms with van der Waals surface area (Å²) in [5.41, 5.74) is -0.449. The van der Waals surface area contributed by atoms with Crippen molar-refractivity contribution in [3.05, 3.63) is 12.4 Å². The lowest BCUT2D eigenvalue weighted by molar-refractivity contribution is 0.0164. The van der Waals surface area contributed by atoms with Crippen LogP contribution in [0, 0.1) is 5.92 Å². The van der Waals surface area contributed by atoms with E-state index in [0.29, 0.717) is 31.5 Å². The number of anilines is 1. The monoisotopic (exact) mass is 390 g/mol. The molecule has 2 aliphatic rings. The normalized spacial score (nSPS) is 19.2. The molecule has 0 spiro atoms. The highest BCUT2D eigenvalue weighted by Crippen LogP contribution is 2.22. The van der Waals surface area contributed by atoms with Crippen LogP contribution in [0.1, 0.15) is 59.3 Å². The first-order valence-electron chi connectivity index (χ1n) is 10.6. The number of amides is 1. The molecule has 3 rings (SSSR count). The number of carbonyl (C=O) groups excluding carboxylic acids is 1. The Morgan fingerprint density at radius 3 is 2.29 bits per heavy atom. The maximum Gasteiger partial charge on any atom is 0.410 e. The quantitative estimate of drug-likeness (QED) is 0.777. The van der Waals surface area contributed by atoms with Crippen LogP contribution in [-0.4, -0.2) is 59.3 Å². The molecule has 7 nitrogen and oxygen atoms in total. The van der Waals surface area contributed by atoms with Gasteiger partial charge in [0, 0.05) is 26.2 Å². The molecule has 0 aliphatic carbocycles. The van der Waals surface area contributed by atoms with Gasteiger partial charge in [-0.15, -0.1) is 0 Å². The van der Waals surface area contributed by atoms with Crippen molar-refractivity contribution in [2.24, 2.45) is 5.92 Å². The third-order valence-electron chi connectivity index (χ3n) is 5.28. The fourth-order valence-electron chi connectivity index (χ4n) is 3.66. The maximum atomic E-state index is 12.1. The van der Waals surface area contributed by atoms with Crippen LogP contribution >= 0.6 is 0 Å². The topological polar surface area (TPSA) is 67.8 Å². The van der Waals surface area contributed by atoms with Crippen molar-refractivity contribution < 1.29 is 14.3 Å². The summed E-state index contributed by atoms with van der Waals surface area (Å²) in [6, 6.07) is 0. The Kier molecular flexibility index (Phi) is 6.97. The molecule has 2 saturated heterocycles. The highest BCUT2D eigenvalue weighted by atomic mass is 16.6. The smallest absolute Gasteiger partial charge is 0.410 e. The number of rotatable bonds is 4. The highest BCUT2D eigenvalue weighted by molar-refractivity contribution is 5.68. The van der Waals surface area contributed by atoms with Crippen LogP contribution in [0.25, 0.3) is 0 Å². The van der Waals surface area contributed by atoms with Gasteiger partial charge in [-0.2, -0.15) is 0 Å².